The Bertz CT molecular complexity index is 583. The summed E-state index contributed by atoms with van der Waals surface area (Å²) in [6, 6.07) is 0. The van der Waals surface area contributed by atoms with Crippen molar-refractivity contribution in [3.8, 4) is 5.88 Å². The zero-order valence-electron chi connectivity index (χ0n) is 11.6. The van der Waals surface area contributed by atoms with Gasteiger partial charge in [-0.2, -0.15) is 18.3 Å². The van der Waals surface area contributed by atoms with E-state index in [1.807, 2.05) is 0 Å². The van der Waals surface area contributed by atoms with Gasteiger partial charge in [-0.15, -0.1) is 0 Å². The summed E-state index contributed by atoms with van der Waals surface area (Å²) in [6.07, 6.45) is -4.48. The molecule has 21 heavy (non-hydrogen) atoms. The highest BCUT2D eigenvalue weighted by Gasteiger charge is 2.42. The summed E-state index contributed by atoms with van der Waals surface area (Å²) in [4.78, 5) is 5.03. The third kappa shape index (κ3) is 3.26. The minimum absolute atomic E-state index is 0.163. The number of rotatable bonds is 2. The SMILES string of the molecule is Cn1nc(C(F)(F)F)c(C[S+]([O-])C2=NOC(C)(C)C2)c1O. The van der Waals surface area contributed by atoms with Gasteiger partial charge in [-0.25, -0.2) is 4.68 Å². The molecule has 1 aliphatic heterocycles. The molecule has 0 amide bonds. The second-order valence-electron chi connectivity index (χ2n) is 5.27. The summed E-state index contributed by atoms with van der Waals surface area (Å²) >= 11 is -1.82. The topological polar surface area (TPSA) is 82.7 Å². The first-order chi connectivity index (χ1) is 9.51. The lowest BCUT2D eigenvalue weighted by molar-refractivity contribution is -0.141. The number of hydrogen-bond acceptors (Lipinski definition) is 5. The van der Waals surface area contributed by atoms with Gasteiger partial charge < -0.3 is 14.5 Å². The van der Waals surface area contributed by atoms with Crippen LogP contribution in [-0.4, -0.2) is 30.1 Å². The molecular formula is C11H14F3N3O3S. The Morgan fingerprint density at radius 2 is 2.10 bits per heavy atom. The quantitative estimate of drug-likeness (QED) is 0.842. The van der Waals surface area contributed by atoms with Crippen molar-refractivity contribution in [2.45, 2.75) is 37.8 Å². The van der Waals surface area contributed by atoms with Crippen molar-refractivity contribution in [1.82, 2.24) is 9.78 Å². The number of aromatic nitrogens is 2. The predicted molar refractivity (Wildman–Crippen MR) is 68.9 cm³/mol. The first kappa shape index (κ1) is 16.0. The fraction of sp³-hybridized carbons (Fsp3) is 0.636. The molecule has 1 atom stereocenters. The first-order valence-corrected chi connectivity index (χ1v) is 7.28. The third-order valence-corrected chi connectivity index (χ3v) is 4.19. The van der Waals surface area contributed by atoms with Gasteiger partial charge in [-0.3, -0.25) is 0 Å². The van der Waals surface area contributed by atoms with Gasteiger partial charge in [0.2, 0.25) is 5.88 Å². The van der Waals surface area contributed by atoms with E-state index in [1.54, 1.807) is 13.8 Å². The first-order valence-electron chi connectivity index (χ1n) is 5.97. The molecule has 2 rings (SSSR count). The lowest BCUT2D eigenvalue weighted by Crippen LogP contribution is -2.24. The Kier molecular flexibility index (Phi) is 3.87. The van der Waals surface area contributed by atoms with Crippen molar-refractivity contribution < 1.29 is 27.7 Å². The Labute approximate surface area is 121 Å². The second kappa shape index (κ2) is 5.09. The lowest BCUT2D eigenvalue weighted by atomic mass is 10.1. The van der Waals surface area contributed by atoms with Crippen LogP contribution in [0.3, 0.4) is 0 Å². The molecule has 0 radical (unpaired) electrons. The predicted octanol–water partition coefficient (Wildman–Crippen LogP) is 1.91. The van der Waals surface area contributed by atoms with E-state index in [-0.39, 0.29) is 11.5 Å². The fourth-order valence-electron chi connectivity index (χ4n) is 1.86. The van der Waals surface area contributed by atoms with Crippen LogP contribution in [0, 0.1) is 0 Å². The van der Waals surface area contributed by atoms with E-state index in [0.29, 0.717) is 4.68 Å². The smallest absolute Gasteiger partial charge is 0.435 e. The number of halogens is 3. The molecule has 0 bridgehead atoms. The number of oxime groups is 1. The maximum absolute atomic E-state index is 12.9. The van der Waals surface area contributed by atoms with E-state index in [2.05, 4.69) is 10.3 Å². The molecule has 1 aromatic heterocycles. The van der Waals surface area contributed by atoms with Crippen LogP contribution in [0.2, 0.25) is 0 Å². The van der Waals surface area contributed by atoms with Crippen LogP contribution in [0.25, 0.3) is 0 Å². The molecule has 1 aromatic rings. The molecule has 0 spiro atoms. The largest absolute Gasteiger partial charge is 0.610 e. The standard InChI is InChI=1S/C11H14F3N3O3S/c1-10(2)4-7(16-20-10)21(19)5-6-8(11(12,13)14)15-17(3)9(6)18/h18H,4-5H2,1-3H3. The van der Waals surface area contributed by atoms with Crippen molar-refractivity contribution in [3.05, 3.63) is 11.3 Å². The van der Waals surface area contributed by atoms with Crippen LogP contribution in [0.1, 0.15) is 31.5 Å². The maximum Gasteiger partial charge on any atom is 0.435 e. The highest BCUT2D eigenvalue weighted by Crippen LogP contribution is 2.36. The van der Waals surface area contributed by atoms with Gasteiger partial charge in [0.25, 0.3) is 5.04 Å². The molecule has 0 aromatic carbocycles. The molecule has 6 nitrogen and oxygen atoms in total. The highest BCUT2D eigenvalue weighted by atomic mass is 32.2. The average Bonchev–Trinajstić information content (AvgIpc) is 2.83. The normalized spacial score (nSPS) is 19.3. The number of hydrogen-bond donors (Lipinski definition) is 1. The monoisotopic (exact) mass is 325 g/mol. The summed E-state index contributed by atoms with van der Waals surface area (Å²) < 4.78 is 51.4. The number of aromatic hydroxyl groups is 1. The van der Waals surface area contributed by atoms with Gasteiger partial charge in [0.15, 0.2) is 5.69 Å². The molecule has 2 heterocycles. The summed E-state index contributed by atoms with van der Waals surface area (Å²) in [7, 11) is 1.18. The van der Waals surface area contributed by atoms with E-state index in [0.717, 1.165) is 0 Å². The zero-order valence-corrected chi connectivity index (χ0v) is 12.4. The summed E-state index contributed by atoms with van der Waals surface area (Å²) in [5, 5.41) is 16.7. The van der Waals surface area contributed by atoms with Crippen molar-refractivity contribution >= 4 is 16.2 Å². The van der Waals surface area contributed by atoms with Crippen LogP contribution in [0.15, 0.2) is 5.16 Å². The Hall–Kier alpha value is -1.42. The van der Waals surface area contributed by atoms with Crippen LogP contribution >= 0.6 is 0 Å². The molecule has 10 heteroatoms. The average molecular weight is 325 g/mol. The summed E-state index contributed by atoms with van der Waals surface area (Å²) in [6.45, 7) is 3.45. The zero-order chi connectivity index (χ0) is 16.0. The van der Waals surface area contributed by atoms with Gasteiger partial charge in [0.1, 0.15) is 11.4 Å². The fourth-order valence-corrected chi connectivity index (χ4v) is 3.18. The molecule has 0 saturated carbocycles. The highest BCUT2D eigenvalue weighted by molar-refractivity contribution is 8.05. The summed E-state index contributed by atoms with van der Waals surface area (Å²) in [5.74, 6) is -1.18. The van der Waals surface area contributed by atoms with Crippen LogP contribution in [0.4, 0.5) is 13.2 Å². The molecule has 0 fully saturated rings. The minimum Gasteiger partial charge on any atom is -0.610 e. The van der Waals surface area contributed by atoms with Crippen LogP contribution in [-0.2, 0) is 35.0 Å². The van der Waals surface area contributed by atoms with Gasteiger partial charge in [0, 0.05) is 18.2 Å². The molecule has 0 aliphatic carbocycles. The Morgan fingerprint density at radius 1 is 1.48 bits per heavy atom. The van der Waals surface area contributed by atoms with E-state index in [4.69, 9.17) is 4.84 Å². The van der Waals surface area contributed by atoms with E-state index < -0.39 is 45.8 Å². The van der Waals surface area contributed by atoms with Crippen molar-refractivity contribution in [3.63, 3.8) is 0 Å². The minimum atomic E-state index is -4.73. The third-order valence-electron chi connectivity index (χ3n) is 2.89. The molecule has 1 N–H and O–H groups in total. The molecule has 0 saturated heterocycles. The second-order valence-corrected chi connectivity index (χ2v) is 6.73. The van der Waals surface area contributed by atoms with Gasteiger partial charge in [-0.1, -0.05) is 0 Å². The van der Waals surface area contributed by atoms with E-state index >= 15 is 0 Å². The van der Waals surface area contributed by atoms with Crippen molar-refractivity contribution in [2.24, 2.45) is 12.2 Å². The van der Waals surface area contributed by atoms with Crippen molar-refractivity contribution in [1.29, 1.82) is 0 Å². The van der Waals surface area contributed by atoms with Crippen molar-refractivity contribution in [2.75, 3.05) is 0 Å². The van der Waals surface area contributed by atoms with Gasteiger partial charge in [0.05, 0.1) is 12.0 Å². The number of alkyl halides is 3. The Balaban J connectivity index is 2.24. The summed E-state index contributed by atoms with van der Waals surface area (Å²) in [5.41, 5.74) is -2.38. The van der Waals surface area contributed by atoms with E-state index in [9.17, 15) is 22.8 Å². The molecule has 118 valence electrons. The number of aryl methyl sites for hydroxylation is 1. The molecule has 1 aliphatic rings. The molecule has 1 unspecified atom stereocenters. The van der Waals surface area contributed by atoms with Gasteiger partial charge >= 0.3 is 6.18 Å². The Morgan fingerprint density at radius 3 is 2.57 bits per heavy atom. The number of nitrogens with zero attached hydrogens (tertiary/aromatic N) is 3. The lowest BCUT2D eigenvalue weighted by Gasteiger charge is -2.14. The van der Waals surface area contributed by atoms with E-state index in [1.165, 1.54) is 7.05 Å². The van der Waals surface area contributed by atoms with Crippen LogP contribution < -0.4 is 0 Å². The van der Waals surface area contributed by atoms with Crippen LogP contribution in [0.5, 0.6) is 5.88 Å². The van der Waals surface area contributed by atoms with Gasteiger partial charge in [-0.05, 0) is 19.0 Å². The maximum atomic E-state index is 12.9. The molecular weight excluding hydrogens is 311 g/mol.